The Hall–Kier alpha value is -2.40. The third-order valence-electron chi connectivity index (χ3n) is 3.14. The number of hydrogen-bond donors (Lipinski definition) is 0. The van der Waals surface area contributed by atoms with Gasteiger partial charge in [0.1, 0.15) is 5.75 Å². The van der Waals surface area contributed by atoms with Gasteiger partial charge in [0, 0.05) is 5.56 Å². The first-order valence-corrected chi connectivity index (χ1v) is 6.80. The second-order valence-corrected chi connectivity index (χ2v) is 4.90. The van der Waals surface area contributed by atoms with E-state index in [4.69, 9.17) is 16.3 Å². The molecule has 0 aliphatic carbocycles. The van der Waals surface area contributed by atoms with Crippen LogP contribution < -0.4 is 4.74 Å². The Labute approximate surface area is 127 Å². The molecule has 106 valence electrons. The normalized spacial score (nSPS) is 10.6. The molecule has 0 radical (unpaired) electrons. The number of nitrogens with zero attached hydrogens (tertiary/aromatic N) is 4. The minimum atomic E-state index is 0.567. The van der Waals surface area contributed by atoms with Crippen molar-refractivity contribution in [2.75, 3.05) is 7.11 Å². The molecule has 3 rings (SSSR count). The maximum absolute atomic E-state index is 6.20. The molecule has 1 aromatic heterocycles. The van der Waals surface area contributed by atoms with Crippen LogP contribution in [0.5, 0.6) is 5.75 Å². The predicted molar refractivity (Wildman–Crippen MR) is 80.4 cm³/mol. The third kappa shape index (κ3) is 2.87. The van der Waals surface area contributed by atoms with E-state index < -0.39 is 0 Å². The van der Waals surface area contributed by atoms with Gasteiger partial charge in [0.05, 0.1) is 18.7 Å². The van der Waals surface area contributed by atoms with Crippen molar-refractivity contribution in [3.05, 3.63) is 59.1 Å². The molecule has 5 nitrogen and oxygen atoms in total. The van der Waals surface area contributed by atoms with E-state index in [-0.39, 0.29) is 0 Å². The summed E-state index contributed by atoms with van der Waals surface area (Å²) in [5.41, 5.74) is 1.90. The molecule has 0 spiro atoms. The summed E-state index contributed by atoms with van der Waals surface area (Å²) in [4.78, 5) is 0. The van der Waals surface area contributed by atoms with Gasteiger partial charge in [-0.2, -0.15) is 0 Å². The molecule has 0 saturated heterocycles. The fourth-order valence-electron chi connectivity index (χ4n) is 2.05. The highest BCUT2D eigenvalue weighted by Gasteiger charge is 2.12. The van der Waals surface area contributed by atoms with Crippen molar-refractivity contribution in [1.29, 1.82) is 0 Å². The molecular formula is C15H13ClN4O. The van der Waals surface area contributed by atoms with E-state index in [1.165, 1.54) is 0 Å². The maximum atomic E-state index is 6.20. The maximum Gasteiger partial charge on any atom is 0.183 e. The van der Waals surface area contributed by atoms with Crippen molar-refractivity contribution in [2.24, 2.45) is 0 Å². The highest BCUT2D eigenvalue weighted by molar-refractivity contribution is 6.33. The number of aromatic nitrogens is 4. The summed E-state index contributed by atoms with van der Waals surface area (Å²) in [6.45, 7) is 0.567. The van der Waals surface area contributed by atoms with Crippen LogP contribution in [0.2, 0.25) is 5.02 Å². The molecule has 0 aliphatic rings. The van der Waals surface area contributed by atoms with Crippen LogP contribution in [0, 0.1) is 0 Å². The van der Waals surface area contributed by atoms with Crippen LogP contribution in [0.15, 0.2) is 48.5 Å². The summed E-state index contributed by atoms with van der Waals surface area (Å²) in [7, 11) is 1.64. The zero-order valence-corrected chi connectivity index (χ0v) is 12.2. The van der Waals surface area contributed by atoms with Crippen molar-refractivity contribution in [3.8, 4) is 17.1 Å². The summed E-state index contributed by atoms with van der Waals surface area (Å²) in [6.07, 6.45) is 0. The summed E-state index contributed by atoms with van der Waals surface area (Å²) in [6, 6.07) is 15.3. The van der Waals surface area contributed by atoms with Crippen molar-refractivity contribution in [1.82, 2.24) is 20.2 Å². The molecule has 0 unspecified atom stereocenters. The lowest BCUT2D eigenvalue weighted by Crippen LogP contribution is -2.04. The van der Waals surface area contributed by atoms with Gasteiger partial charge in [-0.05, 0) is 40.3 Å². The van der Waals surface area contributed by atoms with Gasteiger partial charge in [-0.3, -0.25) is 0 Å². The highest BCUT2D eigenvalue weighted by atomic mass is 35.5. The lowest BCUT2D eigenvalue weighted by atomic mass is 10.2. The van der Waals surface area contributed by atoms with Gasteiger partial charge in [0.15, 0.2) is 5.82 Å². The van der Waals surface area contributed by atoms with Crippen LogP contribution >= 0.6 is 11.6 Å². The first kappa shape index (κ1) is 13.6. The Balaban J connectivity index is 1.90. The number of hydrogen-bond acceptors (Lipinski definition) is 4. The Bertz CT molecular complexity index is 739. The molecular weight excluding hydrogens is 288 g/mol. The van der Waals surface area contributed by atoms with Crippen LogP contribution in [0.1, 0.15) is 5.56 Å². The Morgan fingerprint density at radius 1 is 1.10 bits per heavy atom. The molecule has 0 amide bonds. The summed E-state index contributed by atoms with van der Waals surface area (Å²) >= 11 is 6.20. The fraction of sp³-hybridized carbons (Fsp3) is 0.133. The van der Waals surface area contributed by atoms with Crippen molar-refractivity contribution in [3.63, 3.8) is 0 Å². The van der Waals surface area contributed by atoms with Crippen molar-refractivity contribution < 1.29 is 4.74 Å². The van der Waals surface area contributed by atoms with Crippen molar-refractivity contribution >= 4 is 11.6 Å². The van der Waals surface area contributed by atoms with E-state index in [0.717, 1.165) is 16.9 Å². The van der Waals surface area contributed by atoms with Gasteiger partial charge >= 0.3 is 0 Å². The predicted octanol–water partition coefficient (Wildman–Crippen LogP) is 3.05. The van der Waals surface area contributed by atoms with Gasteiger partial charge in [-0.1, -0.05) is 35.9 Å². The monoisotopic (exact) mass is 300 g/mol. The number of rotatable bonds is 4. The molecule has 0 atom stereocenters. The zero-order chi connectivity index (χ0) is 14.7. The number of methoxy groups -OCH3 is 1. The largest absolute Gasteiger partial charge is 0.497 e. The number of ether oxygens (including phenoxy) is 1. The molecule has 21 heavy (non-hydrogen) atoms. The molecule has 0 fully saturated rings. The smallest absolute Gasteiger partial charge is 0.183 e. The molecule has 6 heteroatoms. The van der Waals surface area contributed by atoms with E-state index in [0.29, 0.717) is 17.4 Å². The molecule has 0 bridgehead atoms. The lowest BCUT2D eigenvalue weighted by molar-refractivity contribution is 0.414. The molecule has 0 aliphatic heterocycles. The molecule has 0 N–H and O–H groups in total. The first-order chi connectivity index (χ1) is 10.3. The van der Waals surface area contributed by atoms with E-state index in [9.17, 15) is 0 Å². The minimum Gasteiger partial charge on any atom is -0.497 e. The molecule has 2 aromatic carbocycles. The van der Waals surface area contributed by atoms with Gasteiger partial charge in [-0.25, -0.2) is 4.68 Å². The second-order valence-electron chi connectivity index (χ2n) is 4.49. The molecule has 3 aromatic rings. The van der Waals surface area contributed by atoms with Crippen LogP contribution in [0.3, 0.4) is 0 Å². The summed E-state index contributed by atoms with van der Waals surface area (Å²) < 4.78 is 6.87. The Morgan fingerprint density at radius 3 is 2.57 bits per heavy atom. The standard InChI is InChI=1S/C15H13ClN4O/c1-21-12-8-6-11(7-9-12)10-20-15(17-18-19-20)13-4-2-3-5-14(13)16/h2-9H,10H2,1H3. The second kappa shape index (κ2) is 5.93. The van der Waals surface area contributed by atoms with Gasteiger partial charge < -0.3 is 4.74 Å². The average molecular weight is 301 g/mol. The van der Waals surface area contributed by atoms with E-state index >= 15 is 0 Å². The summed E-state index contributed by atoms with van der Waals surface area (Å²) in [5, 5.41) is 12.5. The lowest BCUT2D eigenvalue weighted by Gasteiger charge is -2.07. The van der Waals surface area contributed by atoms with Gasteiger partial charge in [0.2, 0.25) is 0 Å². The average Bonchev–Trinajstić information content (AvgIpc) is 2.96. The first-order valence-electron chi connectivity index (χ1n) is 6.42. The Morgan fingerprint density at radius 2 is 1.86 bits per heavy atom. The van der Waals surface area contributed by atoms with Crippen molar-refractivity contribution in [2.45, 2.75) is 6.54 Å². The van der Waals surface area contributed by atoms with Crippen LogP contribution in [-0.4, -0.2) is 27.3 Å². The van der Waals surface area contributed by atoms with Gasteiger partial charge in [0.25, 0.3) is 0 Å². The number of benzene rings is 2. The van der Waals surface area contributed by atoms with Crippen LogP contribution in [-0.2, 0) is 6.54 Å². The molecule has 0 saturated carbocycles. The number of tetrazole rings is 1. The number of halogens is 1. The SMILES string of the molecule is COc1ccc(Cn2nnnc2-c2ccccc2Cl)cc1. The zero-order valence-electron chi connectivity index (χ0n) is 11.4. The Kier molecular flexibility index (Phi) is 3.83. The minimum absolute atomic E-state index is 0.567. The fourth-order valence-corrected chi connectivity index (χ4v) is 2.27. The van der Waals surface area contributed by atoms with Gasteiger partial charge in [-0.15, -0.1) is 5.10 Å². The topological polar surface area (TPSA) is 52.8 Å². The summed E-state index contributed by atoms with van der Waals surface area (Å²) in [5.74, 6) is 1.47. The third-order valence-corrected chi connectivity index (χ3v) is 3.47. The quantitative estimate of drug-likeness (QED) is 0.743. The van der Waals surface area contributed by atoms with E-state index in [2.05, 4.69) is 15.5 Å². The van der Waals surface area contributed by atoms with Crippen LogP contribution in [0.4, 0.5) is 0 Å². The highest BCUT2D eigenvalue weighted by Crippen LogP contribution is 2.25. The molecule has 1 heterocycles. The van der Waals surface area contributed by atoms with E-state index in [1.807, 2.05) is 48.5 Å². The van der Waals surface area contributed by atoms with E-state index in [1.54, 1.807) is 11.8 Å². The van der Waals surface area contributed by atoms with Crippen LogP contribution in [0.25, 0.3) is 11.4 Å².